The first-order valence-electron chi connectivity index (χ1n) is 15.7. The van der Waals surface area contributed by atoms with Crippen molar-refractivity contribution in [1.82, 2.24) is 10.2 Å². The largest absolute Gasteiger partial charge is 0.465 e. The average Bonchev–Trinajstić information content (AvgIpc) is 2.93. The summed E-state index contributed by atoms with van der Waals surface area (Å²) < 4.78 is 0. The lowest BCUT2D eigenvalue weighted by molar-refractivity contribution is -0.242. The lowest BCUT2D eigenvalue weighted by Crippen LogP contribution is -2.73. The highest BCUT2D eigenvalue weighted by molar-refractivity contribution is 6.02. The van der Waals surface area contributed by atoms with Crippen LogP contribution >= 0.6 is 0 Å². The van der Waals surface area contributed by atoms with E-state index in [1.165, 1.54) is 6.92 Å². The highest BCUT2D eigenvalue weighted by atomic mass is 16.4. The van der Waals surface area contributed by atoms with Gasteiger partial charge in [0.05, 0.1) is 5.57 Å². The molecule has 5 rings (SSSR count). The van der Waals surface area contributed by atoms with Crippen LogP contribution in [-0.2, 0) is 14.4 Å². The Morgan fingerprint density at radius 3 is 2.40 bits per heavy atom. The molecule has 0 radical (unpaired) electrons. The number of allylic oxidation sites excluding steroid dienone is 3. The number of nitrogens with zero attached hydrogens (tertiary/aromatic N) is 2. The summed E-state index contributed by atoms with van der Waals surface area (Å²) in [5.41, 5.74) is -3.03. The van der Waals surface area contributed by atoms with Gasteiger partial charge in [-0.25, -0.2) is 4.79 Å². The molecule has 0 heterocycles. The second-order valence-corrected chi connectivity index (χ2v) is 15.8. The SMILES string of the molecule is CC(NC(=O)O)C(=O)N(C)C[C@@]1(C)CC[C@]2(C)CC[C@@]3(C)[C@]4(C)CC[C@H]5CC(=O)C(C#N)=C[C@]5(C)C4=CC(=O)[C@]3(O)[C@@H]2C1. The molecule has 0 aromatic heterocycles. The van der Waals surface area contributed by atoms with Gasteiger partial charge in [0.2, 0.25) is 5.91 Å². The topological polar surface area (TPSA) is 148 Å². The Balaban J connectivity index is 1.54. The quantitative estimate of drug-likeness (QED) is 0.424. The average molecular weight is 594 g/mol. The van der Waals surface area contributed by atoms with Crippen LogP contribution in [0.2, 0.25) is 0 Å². The van der Waals surface area contributed by atoms with E-state index in [0.717, 1.165) is 37.7 Å². The summed E-state index contributed by atoms with van der Waals surface area (Å²) >= 11 is 0. The fourth-order valence-corrected chi connectivity index (χ4v) is 10.3. The molecule has 43 heavy (non-hydrogen) atoms. The third kappa shape index (κ3) is 4.26. The van der Waals surface area contributed by atoms with Gasteiger partial charge in [0, 0.05) is 36.8 Å². The molecule has 1 unspecified atom stereocenters. The van der Waals surface area contributed by atoms with Crippen LogP contribution in [0, 0.1) is 50.2 Å². The summed E-state index contributed by atoms with van der Waals surface area (Å²) in [4.78, 5) is 52.8. The minimum atomic E-state index is -1.61. The zero-order valence-electron chi connectivity index (χ0n) is 26.7. The maximum atomic E-state index is 14.5. The molecule has 9 atom stereocenters. The third-order valence-electron chi connectivity index (χ3n) is 13.3. The molecule has 3 fully saturated rings. The van der Waals surface area contributed by atoms with Crippen LogP contribution in [0.25, 0.3) is 0 Å². The minimum Gasteiger partial charge on any atom is -0.465 e. The highest BCUT2D eigenvalue weighted by Crippen LogP contribution is 2.74. The van der Waals surface area contributed by atoms with Gasteiger partial charge in [0.15, 0.2) is 11.6 Å². The van der Waals surface area contributed by atoms with E-state index in [2.05, 4.69) is 46.0 Å². The van der Waals surface area contributed by atoms with Gasteiger partial charge in [-0.2, -0.15) is 5.26 Å². The monoisotopic (exact) mass is 593 g/mol. The molecule has 0 aliphatic heterocycles. The predicted molar refractivity (Wildman–Crippen MR) is 159 cm³/mol. The van der Waals surface area contributed by atoms with E-state index < -0.39 is 34.0 Å². The summed E-state index contributed by atoms with van der Waals surface area (Å²) in [5, 5.41) is 34.0. The van der Waals surface area contributed by atoms with Crippen molar-refractivity contribution in [3.8, 4) is 6.07 Å². The van der Waals surface area contributed by atoms with Gasteiger partial charge in [-0.05, 0) is 85.7 Å². The van der Waals surface area contributed by atoms with Gasteiger partial charge in [-0.3, -0.25) is 14.4 Å². The summed E-state index contributed by atoms with van der Waals surface area (Å²) in [6.45, 7) is 12.6. The van der Waals surface area contributed by atoms with E-state index in [9.17, 15) is 29.5 Å². The van der Waals surface area contributed by atoms with E-state index in [4.69, 9.17) is 5.11 Å². The summed E-state index contributed by atoms with van der Waals surface area (Å²) in [5.74, 6) is -1.06. The Bertz CT molecular complexity index is 1400. The summed E-state index contributed by atoms with van der Waals surface area (Å²) in [7, 11) is 1.68. The van der Waals surface area contributed by atoms with Crippen molar-refractivity contribution in [3.63, 3.8) is 0 Å². The number of likely N-dealkylation sites (N-methyl/N-ethyl adjacent to an activating group) is 1. The Hall–Kier alpha value is -2.99. The fraction of sp³-hybridized carbons (Fsp3) is 0.735. The Kier molecular flexibility index (Phi) is 7.13. The Labute approximate surface area is 254 Å². The van der Waals surface area contributed by atoms with Crippen LogP contribution in [0.4, 0.5) is 4.79 Å². The Morgan fingerprint density at radius 1 is 1.12 bits per heavy atom. The van der Waals surface area contributed by atoms with E-state index in [0.29, 0.717) is 25.8 Å². The fourth-order valence-electron chi connectivity index (χ4n) is 10.3. The number of nitriles is 1. The van der Waals surface area contributed by atoms with Gasteiger partial charge in [0.1, 0.15) is 17.7 Å². The molecular formula is C34H47N3O6. The second-order valence-electron chi connectivity index (χ2n) is 15.8. The predicted octanol–water partition coefficient (Wildman–Crippen LogP) is 4.80. The van der Waals surface area contributed by atoms with Crippen molar-refractivity contribution in [2.75, 3.05) is 13.6 Å². The van der Waals surface area contributed by atoms with E-state index >= 15 is 0 Å². The number of ketones is 2. The van der Waals surface area contributed by atoms with Gasteiger partial charge >= 0.3 is 6.09 Å². The van der Waals surface area contributed by atoms with Crippen LogP contribution in [0.5, 0.6) is 0 Å². The number of hydrogen-bond acceptors (Lipinski definition) is 6. The molecule has 9 heteroatoms. The number of rotatable bonds is 4. The molecule has 5 aliphatic rings. The number of hydrogen-bond donors (Lipinski definition) is 3. The maximum Gasteiger partial charge on any atom is 0.405 e. The molecule has 0 spiro atoms. The Morgan fingerprint density at radius 2 is 1.77 bits per heavy atom. The van der Waals surface area contributed by atoms with Crippen LogP contribution < -0.4 is 5.32 Å². The molecule has 0 aromatic carbocycles. The molecule has 2 amide bonds. The molecule has 9 nitrogen and oxygen atoms in total. The van der Waals surface area contributed by atoms with Crippen molar-refractivity contribution in [2.45, 2.75) is 105 Å². The first-order chi connectivity index (χ1) is 19.8. The normalized spacial score (nSPS) is 44.3. The molecule has 0 saturated heterocycles. The molecule has 5 aliphatic carbocycles. The maximum absolute atomic E-state index is 14.5. The molecule has 0 bridgehead atoms. The number of carboxylic acid groups (broad SMARTS) is 1. The van der Waals surface area contributed by atoms with Crippen molar-refractivity contribution < 1.29 is 29.4 Å². The standard InChI is InChI=1S/C34H47N3O6/c1-20(36-28(41)42)27(40)37(7)19-29(2)10-11-30(3)12-13-33(6)32(5)9-8-22-14-23(38)21(18-35)16-31(22,4)24(32)15-26(39)34(33,43)25(30)17-29/h15-16,20,22,25,36,43H,8-14,17,19H2,1-7H3,(H,41,42)/t20?,22-,25+,29-,30+,31-,32+,33-,34+/m0/s1. The number of amides is 2. The first-order valence-corrected chi connectivity index (χ1v) is 15.7. The number of carbonyl (C=O) groups is 4. The van der Waals surface area contributed by atoms with Crippen LogP contribution in [0.3, 0.4) is 0 Å². The van der Waals surface area contributed by atoms with Crippen molar-refractivity contribution in [3.05, 3.63) is 23.3 Å². The van der Waals surface area contributed by atoms with Gasteiger partial charge in [-0.15, -0.1) is 0 Å². The third-order valence-corrected chi connectivity index (χ3v) is 13.3. The van der Waals surface area contributed by atoms with Crippen LogP contribution in [-0.4, -0.2) is 63.9 Å². The van der Waals surface area contributed by atoms with Gasteiger partial charge in [0.25, 0.3) is 0 Å². The number of nitrogens with one attached hydrogen (secondary N) is 1. The molecule has 3 saturated carbocycles. The van der Waals surface area contributed by atoms with Crippen LogP contribution in [0.1, 0.15) is 92.9 Å². The van der Waals surface area contributed by atoms with E-state index in [-0.39, 0.29) is 45.7 Å². The summed E-state index contributed by atoms with van der Waals surface area (Å²) in [6, 6.07) is 1.20. The lowest BCUT2D eigenvalue weighted by Gasteiger charge is -2.71. The summed E-state index contributed by atoms with van der Waals surface area (Å²) in [6.07, 6.45) is 7.81. The smallest absolute Gasteiger partial charge is 0.405 e. The highest BCUT2D eigenvalue weighted by Gasteiger charge is 2.74. The zero-order chi connectivity index (χ0) is 32.0. The number of Topliss-reactive ketones (excluding diaryl/α,β-unsaturated/α-hetero) is 1. The minimum absolute atomic E-state index is 0.0110. The molecule has 234 valence electrons. The van der Waals surface area contributed by atoms with Crippen LogP contribution in [0.15, 0.2) is 23.3 Å². The van der Waals surface area contributed by atoms with Crippen molar-refractivity contribution in [1.29, 1.82) is 5.26 Å². The zero-order valence-corrected chi connectivity index (χ0v) is 26.7. The molecule has 0 aromatic rings. The number of aliphatic hydroxyl groups is 1. The van der Waals surface area contributed by atoms with Crippen molar-refractivity contribution >= 4 is 23.6 Å². The first kappa shape index (κ1) is 31.4. The second kappa shape index (κ2) is 9.76. The van der Waals surface area contributed by atoms with Gasteiger partial charge in [-0.1, -0.05) is 40.7 Å². The lowest BCUT2D eigenvalue weighted by atomic mass is 9.33. The van der Waals surface area contributed by atoms with E-state index in [1.54, 1.807) is 24.1 Å². The van der Waals surface area contributed by atoms with Gasteiger partial charge < -0.3 is 20.4 Å². The number of fused-ring (bicyclic) bond motifs is 7. The van der Waals surface area contributed by atoms with E-state index in [1.807, 2.05) is 0 Å². The number of carbonyl (C=O) groups excluding carboxylic acids is 3. The molecular weight excluding hydrogens is 546 g/mol. The molecule has 3 N–H and O–H groups in total. The van der Waals surface area contributed by atoms with Crippen molar-refractivity contribution in [2.24, 2.45) is 38.9 Å².